The van der Waals surface area contributed by atoms with Crippen molar-refractivity contribution in [3.05, 3.63) is 29.6 Å². The van der Waals surface area contributed by atoms with E-state index in [2.05, 4.69) is 9.97 Å². The minimum atomic E-state index is -0.912. The van der Waals surface area contributed by atoms with Crippen molar-refractivity contribution in [1.82, 2.24) is 9.97 Å². The Labute approximate surface area is 98.1 Å². The van der Waals surface area contributed by atoms with Gasteiger partial charge in [-0.25, -0.2) is 4.98 Å². The zero-order valence-electron chi connectivity index (χ0n) is 9.47. The van der Waals surface area contributed by atoms with E-state index in [1.807, 2.05) is 25.1 Å². The average Bonchev–Trinajstić information content (AvgIpc) is 2.64. The first-order valence-electron chi connectivity index (χ1n) is 5.39. The number of nitrogens with one attached hydrogen (secondary N) is 1. The number of carboxylic acid groups (broad SMARTS) is 1. The Hall–Kier alpha value is -1.88. The third-order valence-electron chi connectivity index (χ3n) is 2.74. The van der Waals surface area contributed by atoms with Crippen LogP contribution in [0.25, 0.3) is 11.0 Å². The number of aryl methyl sites for hydroxylation is 1. The van der Waals surface area contributed by atoms with Gasteiger partial charge >= 0.3 is 5.97 Å². The molecule has 0 aliphatic carbocycles. The second kappa shape index (κ2) is 4.55. The van der Waals surface area contributed by atoms with Crippen molar-refractivity contribution in [1.29, 1.82) is 0 Å². The van der Waals surface area contributed by atoms with Crippen LogP contribution in [-0.2, 0) is 4.79 Å². The molecular formula is C12H14N2O3. The highest BCUT2D eigenvalue weighted by Gasteiger charge is 2.15. The quantitative estimate of drug-likeness (QED) is 0.746. The number of aliphatic hydroxyl groups excluding tert-OH is 1. The summed E-state index contributed by atoms with van der Waals surface area (Å²) in [5, 5.41) is 18.0. The molecule has 1 aromatic carbocycles. The van der Waals surface area contributed by atoms with Gasteiger partial charge in [0.15, 0.2) is 0 Å². The fourth-order valence-electron chi connectivity index (χ4n) is 1.91. The maximum atomic E-state index is 10.7. The topological polar surface area (TPSA) is 86.2 Å². The predicted molar refractivity (Wildman–Crippen MR) is 62.9 cm³/mol. The molecule has 17 heavy (non-hydrogen) atoms. The number of imidazole rings is 1. The number of hydrogen-bond acceptors (Lipinski definition) is 3. The second-order valence-corrected chi connectivity index (χ2v) is 4.08. The minimum absolute atomic E-state index is 0.0743. The molecule has 5 heteroatoms. The number of rotatable bonds is 4. The van der Waals surface area contributed by atoms with Crippen LogP contribution in [0, 0.1) is 6.92 Å². The van der Waals surface area contributed by atoms with E-state index < -0.39 is 5.97 Å². The molecule has 0 saturated heterocycles. The van der Waals surface area contributed by atoms with E-state index in [0.717, 1.165) is 22.4 Å². The van der Waals surface area contributed by atoms with Crippen molar-refractivity contribution in [3.8, 4) is 0 Å². The Balaban J connectivity index is 2.36. The molecule has 0 saturated carbocycles. The van der Waals surface area contributed by atoms with Crippen LogP contribution in [0.1, 0.15) is 23.7 Å². The summed E-state index contributed by atoms with van der Waals surface area (Å²) >= 11 is 0. The fourth-order valence-corrected chi connectivity index (χ4v) is 1.91. The molecule has 3 N–H and O–H groups in total. The van der Waals surface area contributed by atoms with Crippen LogP contribution in [-0.4, -0.2) is 32.8 Å². The zero-order chi connectivity index (χ0) is 12.4. The number of aliphatic hydroxyl groups is 1. The van der Waals surface area contributed by atoms with Gasteiger partial charge in [-0.2, -0.15) is 0 Å². The Morgan fingerprint density at radius 1 is 1.53 bits per heavy atom. The first kappa shape index (κ1) is 11.6. The molecule has 0 radical (unpaired) electrons. The molecule has 0 fully saturated rings. The lowest BCUT2D eigenvalue weighted by molar-refractivity contribution is -0.137. The molecule has 0 spiro atoms. The number of nitrogens with zero attached hydrogens (tertiary/aromatic N) is 1. The molecule has 2 rings (SSSR count). The van der Waals surface area contributed by atoms with Gasteiger partial charge in [0.25, 0.3) is 0 Å². The first-order valence-corrected chi connectivity index (χ1v) is 5.39. The number of fused-ring (bicyclic) bond motifs is 1. The molecule has 0 amide bonds. The van der Waals surface area contributed by atoms with E-state index in [0.29, 0.717) is 0 Å². The largest absolute Gasteiger partial charge is 0.481 e. The summed E-state index contributed by atoms with van der Waals surface area (Å²) in [5.41, 5.74) is 2.52. The van der Waals surface area contributed by atoms with E-state index in [-0.39, 0.29) is 18.9 Å². The summed E-state index contributed by atoms with van der Waals surface area (Å²) in [7, 11) is 0. The second-order valence-electron chi connectivity index (χ2n) is 4.08. The maximum Gasteiger partial charge on any atom is 0.304 e. The van der Waals surface area contributed by atoms with Gasteiger partial charge in [0.2, 0.25) is 0 Å². The van der Waals surface area contributed by atoms with Gasteiger partial charge in [-0.15, -0.1) is 0 Å². The molecule has 1 heterocycles. The Morgan fingerprint density at radius 3 is 2.94 bits per heavy atom. The maximum absolute atomic E-state index is 10.7. The zero-order valence-corrected chi connectivity index (χ0v) is 9.47. The average molecular weight is 234 g/mol. The SMILES string of the molecule is Cc1nc2ccc(C(CO)CC(=O)O)cc2[nH]1. The van der Waals surface area contributed by atoms with E-state index >= 15 is 0 Å². The van der Waals surface area contributed by atoms with Crippen LogP contribution < -0.4 is 0 Å². The molecule has 0 bridgehead atoms. The van der Waals surface area contributed by atoms with Gasteiger partial charge < -0.3 is 15.2 Å². The Morgan fingerprint density at radius 2 is 2.29 bits per heavy atom. The van der Waals surface area contributed by atoms with Crippen LogP contribution in [0.2, 0.25) is 0 Å². The highest BCUT2D eigenvalue weighted by atomic mass is 16.4. The van der Waals surface area contributed by atoms with Crippen LogP contribution in [0.5, 0.6) is 0 Å². The number of carboxylic acids is 1. The summed E-state index contributed by atoms with van der Waals surface area (Å²) < 4.78 is 0. The summed E-state index contributed by atoms with van der Waals surface area (Å²) in [6, 6.07) is 5.49. The summed E-state index contributed by atoms with van der Waals surface area (Å²) in [5.74, 6) is -0.471. The van der Waals surface area contributed by atoms with Crippen LogP contribution in [0.3, 0.4) is 0 Å². The lowest BCUT2D eigenvalue weighted by Crippen LogP contribution is -2.10. The van der Waals surface area contributed by atoms with E-state index in [1.165, 1.54) is 0 Å². The minimum Gasteiger partial charge on any atom is -0.481 e. The van der Waals surface area contributed by atoms with Crippen molar-refractivity contribution in [3.63, 3.8) is 0 Å². The smallest absolute Gasteiger partial charge is 0.304 e. The molecule has 1 unspecified atom stereocenters. The van der Waals surface area contributed by atoms with Gasteiger partial charge in [-0.05, 0) is 24.6 Å². The highest BCUT2D eigenvalue weighted by Crippen LogP contribution is 2.23. The van der Waals surface area contributed by atoms with Crippen LogP contribution >= 0.6 is 0 Å². The van der Waals surface area contributed by atoms with E-state index in [9.17, 15) is 9.90 Å². The van der Waals surface area contributed by atoms with Crippen molar-refractivity contribution < 1.29 is 15.0 Å². The Bertz CT molecular complexity index is 548. The molecule has 0 aliphatic heterocycles. The summed E-state index contributed by atoms with van der Waals surface area (Å²) in [6.45, 7) is 1.69. The van der Waals surface area contributed by atoms with Crippen molar-refractivity contribution in [2.75, 3.05) is 6.61 Å². The van der Waals surface area contributed by atoms with E-state index in [1.54, 1.807) is 0 Å². The number of aromatic nitrogens is 2. The normalized spacial score (nSPS) is 12.8. The third-order valence-corrected chi connectivity index (χ3v) is 2.74. The van der Waals surface area contributed by atoms with Gasteiger partial charge in [-0.1, -0.05) is 6.07 Å². The number of hydrogen-bond donors (Lipinski definition) is 3. The van der Waals surface area contributed by atoms with Gasteiger partial charge in [-0.3, -0.25) is 4.79 Å². The summed E-state index contributed by atoms with van der Waals surface area (Å²) in [4.78, 5) is 18.0. The first-order chi connectivity index (χ1) is 8.10. The van der Waals surface area contributed by atoms with Crippen molar-refractivity contribution >= 4 is 17.0 Å². The predicted octanol–water partition coefficient (Wildman–Crippen LogP) is 1.42. The van der Waals surface area contributed by atoms with Gasteiger partial charge in [0.1, 0.15) is 5.82 Å². The lowest BCUT2D eigenvalue weighted by atomic mass is 9.96. The molecule has 1 aromatic heterocycles. The number of aromatic amines is 1. The Kier molecular flexibility index (Phi) is 3.10. The number of H-pyrrole nitrogens is 1. The molecule has 90 valence electrons. The molecule has 0 aliphatic rings. The summed E-state index contributed by atoms with van der Waals surface area (Å²) in [6.07, 6.45) is -0.0743. The molecule has 2 aromatic rings. The van der Waals surface area contributed by atoms with Crippen LogP contribution in [0.15, 0.2) is 18.2 Å². The fraction of sp³-hybridized carbons (Fsp3) is 0.333. The third kappa shape index (κ3) is 2.45. The van der Waals surface area contributed by atoms with Crippen molar-refractivity contribution in [2.24, 2.45) is 0 Å². The van der Waals surface area contributed by atoms with Crippen LogP contribution in [0.4, 0.5) is 0 Å². The van der Waals surface area contributed by atoms with Crippen molar-refractivity contribution in [2.45, 2.75) is 19.3 Å². The highest BCUT2D eigenvalue weighted by molar-refractivity contribution is 5.76. The van der Waals surface area contributed by atoms with Gasteiger partial charge in [0, 0.05) is 5.92 Å². The van der Waals surface area contributed by atoms with E-state index in [4.69, 9.17) is 5.11 Å². The number of benzene rings is 1. The molecular weight excluding hydrogens is 220 g/mol. The molecule has 1 atom stereocenters. The monoisotopic (exact) mass is 234 g/mol. The number of carbonyl (C=O) groups is 1. The van der Waals surface area contributed by atoms with Gasteiger partial charge in [0.05, 0.1) is 24.1 Å². The number of aliphatic carboxylic acids is 1. The standard InChI is InChI=1S/C12H14N2O3/c1-7-13-10-3-2-8(4-11(10)14-7)9(6-15)5-12(16)17/h2-4,9,15H,5-6H2,1H3,(H,13,14)(H,16,17). The molecule has 5 nitrogen and oxygen atoms in total. The lowest BCUT2D eigenvalue weighted by Gasteiger charge is -2.11.